The highest BCUT2D eigenvalue weighted by Crippen LogP contribution is 2.33. The highest BCUT2D eigenvalue weighted by molar-refractivity contribution is 14.1. The summed E-state index contributed by atoms with van der Waals surface area (Å²) in [6, 6.07) is 10.3. The molecule has 0 atom stereocenters. The molecule has 2 amide bonds. The first-order valence-electron chi connectivity index (χ1n) is 8.66. The summed E-state index contributed by atoms with van der Waals surface area (Å²) in [5.41, 5.74) is 3.56. The largest absolute Gasteiger partial charge is 0.497 e. The molecule has 0 aliphatic carbocycles. The average Bonchev–Trinajstić information content (AvgIpc) is 2.73. The lowest BCUT2D eigenvalue weighted by Crippen LogP contribution is -2.24. The van der Waals surface area contributed by atoms with Crippen molar-refractivity contribution in [3.63, 3.8) is 0 Å². The minimum Gasteiger partial charge on any atom is -0.497 e. The Labute approximate surface area is 188 Å². The minimum atomic E-state index is -0.548. The molecule has 8 nitrogen and oxygen atoms in total. The van der Waals surface area contributed by atoms with Crippen molar-refractivity contribution in [1.82, 2.24) is 5.43 Å². The van der Waals surface area contributed by atoms with Gasteiger partial charge < -0.3 is 19.5 Å². The molecule has 0 aromatic heterocycles. The maximum Gasteiger partial charge on any atom is 0.249 e. The van der Waals surface area contributed by atoms with Crippen LogP contribution in [0.2, 0.25) is 0 Å². The van der Waals surface area contributed by atoms with Crippen LogP contribution in [0.4, 0.5) is 5.69 Å². The monoisotopic (exact) mass is 521 g/mol. The Balaban J connectivity index is 1.91. The molecule has 0 saturated heterocycles. The molecular weight excluding hydrogens is 501 g/mol. The molecule has 0 heterocycles. The number of carbonyl (C=O) groups excluding carboxylic acids is 2. The van der Waals surface area contributed by atoms with E-state index < -0.39 is 11.8 Å². The Morgan fingerprint density at radius 1 is 1.17 bits per heavy atom. The lowest BCUT2D eigenvalue weighted by molar-refractivity contribution is -0.126. The highest BCUT2D eigenvalue weighted by Gasteiger charge is 2.11. The molecule has 156 valence electrons. The number of halogens is 1. The van der Waals surface area contributed by atoms with Crippen LogP contribution in [0.1, 0.15) is 12.0 Å². The van der Waals surface area contributed by atoms with Crippen LogP contribution in [0.3, 0.4) is 0 Å². The fourth-order valence-electron chi connectivity index (χ4n) is 2.31. The first-order chi connectivity index (χ1) is 14.5. The number of hydrogen-bond donors (Lipinski definition) is 2. The molecule has 0 fully saturated rings. The van der Waals surface area contributed by atoms with E-state index in [0.29, 0.717) is 28.5 Å². The summed E-state index contributed by atoms with van der Waals surface area (Å²) in [7, 11) is 3.06. The second-order valence-electron chi connectivity index (χ2n) is 5.77. The van der Waals surface area contributed by atoms with Crippen LogP contribution in [0.5, 0.6) is 17.2 Å². The third-order valence-electron chi connectivity index (χ3n) is 3.65. The maximum absolute atomic E-state index is 12.0. The summed E-state index contributed by atoms with van der Waals surface area (Å²) in [6.45, 7) is 0.119. The van der Waals surface area contributed by atoms with Crippen molar-refractivity contribution in [2.75, 3.05) is 26.1 Å². The van der Waals surface area contributed by atoms with Gasteiger partial charge in [0.15, 0.2) is 11.5 Å². The zero-order chi connectivity index (χ0) is 21.9. The van der Waals surface area contributed by atoms with Crippen LogP contribution in [-0.4, -0.2) is 38.9 Å². The predicted octanol–water partition coefficient (Wildman–Crippen LogP) is 2.80. The van der Waals surface area contributed by atoms with Crippen molar-refractivity contribution >= 4 is 46.3 Å². The van der Waals surface area contributed by atoms with Crippen molar-refractivity contribution in [3.05, 3.63) is 45.5 Å². The molecule has 2 N–H and O–H groups in total. The van der Waals surface area contributed by atoms with Gasteiger partial charge in [0.1, 0.15) is 18.8 Å². The van der Waals surface area contributed by atoms with E-state index in [-0.39, 0.29) is 13.0 Å². The van der Waals surface area contributed by atoms with Crippen LogP contribution in [0.15, 0.2) is 41.5 Å². The first kappa shape index (κ1) is 23.0. The molecule has 0 unspecified atom stereocenters. The van der Waals surface area contributed by atoms with E-state index in [1.807, 2.05) is 0 Å². The fourth-order valence-corrected chi connectivity index (χ4v) is 3.09. The summed E-state index contributed by atoms with van der Waals surface area (Å²) in [4.78, 5) is 23.9. The van der Waals surface area contributed by atoms with Gasteiger partial charge in [0.2, 0.25) is 11.8 Å². The topological polar surface area (TPSA) is 98.2 Å². The number of benzene rings is 2. The van der Waals surface area contributed by atoms with E-state index in [9.17, 15) is 9.59 Å². The average molecular weight is 521 g/mol. The summed E-state index contributed by atoms with van der Waals surface area (Å²) < 4.78 is 16.6. The van der Waals surface area contributed by atoms with Gasteiger partial charge in [0, 0.05) is 5.69 Å². The molecule has 2 rings (SSSR count). The van der Waals surface area contributed by atoms with Crippen LogP contribution in [0.25, 0.3) is 0 Å². The number of methoxy groups -OCH3 is 2. The fraction of sp³-hybridized carbons (Fsp3) is 0.190. The summed E-state index contributed by atoms with van der Waals surface area (Å²) in [5, 5.41) is 6.50. The van der Waals surface area contributed by atoms with Crippen LogP contribution in [0, 0.1) is 15.9 Å². The summed E-state index contributed by atoms with van der Waals surface area (Å²) in [5.74, 6) is 3.08. The summed E-state index contributed by atoms with van der Waals surface area (Å²) in [6.07, 6.45) is 6.29. The maximum atomic E-state index is 12.0. The molecule has 0 aliphatic heterocycles. The Kier molecular flexibility index (Phi) is 8.96. The number of rotatable bonds is 9. The number of hydrazone groups is 1. The van der Waals surface area contributed by atoms with E-state index in [4.69, 9.17) is 20.6 Å². The van der Waals surface area contributed by atoms with Crippen molar-refractivity contribution in [2.24, 2.45) is 5.10 Å². The molecule has 0 radical (unpaired) electrons. The molecule has 0 aliphatic rings. The normalized spacial score (nSPS) is 10.2. The Morgan fingerprint density at radius 2 is 1.90 bits per heavy atom. The SMILES string of the molecule is C#CCOc1c(I)cc(C=NNC(=O)CC(=O)Nc2ccc(OC)cc2)cc1OC. The van der Waals surface area contributed by atoms with Crippen LogP contribution in [-0.2, 0) is 9.59 Å². The van der Waals surface area contributed by atoms with Gasteiger partial charge in [-0.2, -0.15) is 5.10 Å². The number of carbonyl (C=O) groups is 2. The van der Waals surface area contributed by atoms with E-state index >= 15 is 0 Å². The smallest absolute Gasteiger partial charge is 0.249 e. The van der Waals surface area contributed by atoms with Crippen molar-refractivity contribution < 1.29 is 23.8 Å². The Bertz CT molecular complexity index is 968. The molecule has 2 aromatic carbocycles. The second kappa shape index (κ2) is 11.7. The standard InChI is InChI=1S/C21H20IN3O5/c1-4-9-30-21-17(22)10-14(11-18(21)29-3)13-23-25-20(27)12-19(26)24-15-5-7-16(28-2)8-6-15/h1,5-8,10-11,13H,9,12H2,2-3H3,(H,24,26)(H,25,27). The van der Waals surface area contributed by atoms with Gasteiger partial charge in [0.05, 0.1) is 24.0 Å². The molecular formula is C21H20IN3O5. The number of terminal acetylenes is 1. The van der Waals surface area contributed by atoms with Gasteiger partial charge in [-0.25, -0.2) is 5.43 Å². The van der Waals surface area contributed by atoms with E-state index in [1.54, 1.807) is 43.5 Å². The lowest BCUT2D eigenvalue weighted by Gasteiger charge is -2.11. The zero-order valence-electron chi connectivity index (χ0n) is 16.4. The van der Waals surface area contributed by atoms with Gasteiger partial charge in [0.25, 0.3) is 0 Å². The minimum absolute atomic E-state index is 0.119. The van der Waals surface area contributed by atoms with Crippen molar-refractivity contribution in [1.29, 1.82) is 0 Å². The van der Waals surface area contributed by atoms with Crippen molar-refractivity contribution in [2.45, 2.75) is 6.42 Å². The molecule has 0 spiro atoms. The lowest BCUT2D eigenvalue weighted by atomic mass is 10.2. The van der Waals surface area contributed by atoms with Crippen LogP contribution >= 0.6 is 22.6 Å². The summed E-state index contributed by atoms with van der Waals surface area (Å²) >= 11 is 2.09. The highest BCUT2D eigenvalue weighted by atomic mass is 127. The number of amides is 2. The number of nitrogens with zero attached hydrogens (tertiary/aromatic N) is 1. The molecule has 2 aromatic rings. The third kappa shape index (κ3) is 6.97. The van der Waals surface area contributed by atoms with Gasteiger partial charge >= 0.3 is 0 Å². The third-order valence-corrected chi connectivity index (χ3v) is 4.45. The molecule has 30 heavy (non-hydrogen) atoms. The Hall–Kier alpha value is -3.26. The molecule has 0 bridgehead atoms. The van der Waals surface area contributed by atoms with Gasteiger partial charge in [-0.05, 0) is 64.6 Å². The Morgan fingerprint density at radius 3 is 2.53 bits per heavy atom. The van der Waals surface area contributed by atoms with Gasteiger partial charge in [-0.1, -0.05) is 5.92 Å². The molecule has 0 saturated carbocycles. The van der Waals surface area contributed by atoms with E-state index in [2.05, 4.69) is 44.4 Å². The molecule has 9 heteroatoms. The zero-order valence-corrected chi connectivity index (χ0v) is 18.6. The first-order valence-corrected chi connectivity index (χ1v) is 9.74. The van der Waals surface area contributed by atoms with E-state index in [0.717, 1.165) is 3.57 Å². The number of hydrogen-bond acceptors (Lipinski definition) is 6. The number of nitrogens with one attached hydrogen (secondary N) is 2. The second-order valence-corrected chi connectivity index (χ2v) is 6.94. The van der Waals surface area contributed by atoms with Gasteiger partial charge in [-0.3, -0.25) is 9.59 Å². The van der Waals surface area contributed by atoms with Crippen LogP contribution < -0.4 is 25.0 Å². The number of anilines is 1. The van der Waals surface area contributed by atoms with Gasteiger partial charge in [-0.15, -0.1) is 6.42 Å². The number of ether oxygens (including phenoxy) is 3. The quantitative estimate of drug-likeness (QED) is 0.174. The predicted molar refractivity (Wildman–Crippen MR) is 122 cm³/mol. The van der Waals surface area contributed by atoms with E-state index in [1.165, 1.54) is 13.3 Å². The van der Waals surface area contributed by atoms with Crippen molar-refractivity contribution in [3.8, 4) is 29.6 Å².